The Labute approximate surface area is 100 Å². The van der Waals surface area contributed by atoms with Gasteiger partial charge in [-0.15, -0.1) is 0 Å². The number of anilines is 1. The van der Waals surface area contributed by atoms with Crippen molar-refractivity contribution in [3.63, 3.8) is 0 Å². The Hall–Kier alpha value is -1.14. The SMILES string of the molecule is CC1(NS(=O)(=O)c2cc(N)cc(F)c2)CCC1. The molecule has 6 heteroatoms. The summed E-state index contributed by atoms with van der Waals surface area (Å²) in [5, 5.41) is 0. The molecule has 1 aliphatic carbocycles. The maximum absolute atomic E-state index is 13.1. The lowest BCUT2D eigenvalue weighted by molar-refractivity contribution is 0.248. The summed E-state index contributed by atoms with van der Waals surface area (Å²) in [4.78, 5) is -0.122. The lowest BCUT2D eigenvalue weighted by Crippen LogP contribution is -2.50. The number of nitrogen functional groups attached to an aromatic ring is 1. The summed E-state index contributed by atoms with van der Waals surface area (Å²) in [5.74, 6) is -0.649. The van der Waals surface area contributed by atoms with Gasteiger partial charge in [-0.1, -0.05) is 0 Å². The van der Waals surface area contributed by atoms with Crippen molar-refractivity contribution in [1.29, 1.82) is 0 Å². The van der Waals surface area contributed by atoms with E-state index in [-0.39, 0.29) is 10.6 Å². The van der Waals surface area contributed by atoms with Crippen LogP contribution in [0.2, 0.25) is 0 Å². The second-order valence-corrected chi connectivity index (χ2v) is 6.42. The van der Waals surface area contributed by atoms with Crippen LogP contribution < -0.4 is 10.5 Å². The molecule has 1 aromatic rings. The molecule has 17 heavy (non-hydrogen) atoms. The maximum Gasteiger partial charge on any atom is 0.241 e. The van der Waals surface area contributed by atoms with Gasteiger partial charge in [-0.3, -0.25) is 0 Å². The van der Waals surface area contributed by atoms with Crippen LogP contribution in [-0.4, -0.2) is 14.0 Å². The predicted molar refractivity (Wildman–Crippen MR) is 63.4 cm³/mol. The number of hydrogen-bond acceptors (Lipinski definition) is 3. The Kier molecular flexibility index (Phi) is 2.87. The van der Waals surface area contributed by atoms with E-state index in [0.717, 1.165) is 31.4 Å². The third kappa shape index (κ3) is 2.58. The molecule has 94 valence electrons. The zero-order valence-electron chi connectivity index (χ0n) is 9.53. The quantitative estimate of drug-likeness (QED) is 0.809. The molecular weight excluding hydrogens is 243 g/mol. The van der Waals surface area contributed by atoms with Crippen molar-refractivity contribution in [2.24, 2.45) is 0 Å². The minimum absolute atomic E-state index is 0.101. The van der Waals surface area contributed by atoms with Crippen LogP contribution in [0.3, 0.4) is 0 Å². The number of nitrogens with one attached hydrogen (secondary N) is 1. The second-order valence-electron chi connectivity index (χ2n) is 4.74. The highest BCUT2D eigenvalue weighted by Crippen LogP contribution is 2.32. The molecule has 0 bridgehead atoms. The monoisotopic (exact) mass is 258 g/mol. The first kappa shape index (κ1) is 12.3. The van der Waals surface area contributed by atoms with Gasteiger partial charge >= 0.3 is 0 Å². The van der Waals surface area contributed by atoms with Crippen molar-refractivity contribution in [1.82, 2.24) is 4.72 Å². The van der Waals surface area contributed by atoms with E-state index in [4.69, 9.17) is 5.73 Å². The minimum atomic E-state index is -3.69. The van der Waals surface area contributed by atoms with Crippen LogP contribution in [0, 0.1) is 5.82 Å². The van der Waals surface area contributed by atoms with Crippen molar-refractivity contribution in [2.75, 3.05) is 5.73 Å². The fourth-order valence-electron chi connectivity index (χ4n) is 1.93. The largest absolute Gasteiger partial charge is 0.399 e. The van der Waals surface area contributed by atoms with Gasteiger partial charge in [0.1, 0.15) is 5.82 Å². The summed E-state index contributed by atoms with van der Waals surface area (Å²) >= 11 is 0. The van der Waals surface area contributed by atoms with Crippen molar-refractivity contribution >= 4 is 15.7 Å². The van der Waals surface area contributed by atoms with Gasteiger partial charge in [0.25, 0.3) is 0 Å². The summed E-state index contributed by atoms with van der Waals surface area (Å²) in [6.45, 7) is 1.84. The van der Waals surface area contributed by atoms with Gasteiger partial charge in [0.05, 0.1) is 4.90 Å². The van der Waals surface area contributed by atoms with Crippen molar-refractivity contribution < 1.29 is 12.8 Å². The molecule has 0 atom stereocenters. The number of sulfonamides is 1. The van der Waals surface area contributed by atoms with Gasteiger partial charge in [0.2, 0.25) is 10.0 Å². The molecule has 4 nitrogen and oxygen atoms in total. The molecule has 0 aromatic heterocycles. The van der Waals surface area contributed by atoms with E-state index in [1.807, 2.05) is 6.92 Å². The summed E-state index contributed by atoms with van der Waals surface area (Å²) in [5.41, 5.74) is 5.13. The van der Waals surface area contributed by atoms with Crippen molar-refractivity contribution in [2.45, 2.75) is 36.6 Å². The molecular formula is C11H15FN2O2S. The average Bonchev–Trinajstić information content (AvgIpc) is 2.13. The smallest absolute Gasteiger partial charge is 0.241 e. The third-order valence-corrected chi connectivity index (χ3v) is 4.66. The Balaban J connectivity index is 2.31. The number of rotatable bonds is 3. The highest BCUT2D eigenvalue weighted by Gasteiger charge is 2.36. The third-order valence-electron chi connectivity index (χ3n) is 3.04. The first-order chi connectivity index (χ1) is 7.81. The molecule has 1 fully saturated rings. The molecule has 0 spiro atoms. The number of hydrogen-bond donors (Lipinski definition) is 2. The molecule has 1 aromatic carbocycles. The van der Waals surface area contributed by atoms with Gasteiger partial charge < -0.3 is 5.73 Å². The van der Waals surface area contributed by atoms with Crippen LogP contribution >= 0.6 is 0 Å². The van der Waals surface area contributed by atoms with Gasteiger partial charge in [-0.2, -0.15) is 0 Å². The molecule has 3 N–H and O–H groups in total. The normalized spacial score (nSPS) is 18.7. The van der Waals surface area contributed by atoms with Gasteiger partial charge in [-0.25, -0.2) is 17.5 Å². The number of nitrogens with two attached hydrogens (primary N) is 1. The molecule has 0 heterocycles. The topological polar surface area (TPSA) is 72.2 Å². The maximum atomic E-state index is 13.1. The zero-order chi connectivity index (χ0) is 12.7. The number of benzene rings is 1. The van der Waals surface area contributed by atoms with Crippen LogP contribution in [0.25, 0.3) is 0 Å². The predicted octanol–water partition coefficient (Wildman–Crippen LogP) is 1.63. The molecule has 1 aliphatic rings. The average molecular weight is 258 g/mol. The highest BCUT2D eigenvalue weighted by atomic mass is 32.2. The van der Waals surface area contributed by atoms with Crippen molar-refractivity contribution in [3.05, 3.63) is 24.0 Å². The lowest BCUT2D eigenvalue weighted by atomic mass is 9.80. The summed E-state index contributed by atoms with van der Waals surface area (Å²) < 4.78 is 39.7. The second kappa shape index (κ2) is 3.96. The summed E-state index contributed by atoms with van der Waals surface area (Å²) in [7, 11) is -3.69. The van der Waals surface area contributed by atoms with Crippen LogP contribution in [0.4, 0.5) is 10.1 Å². The van der Waals surface area contributed by atoms with E-state index < -0.39 is 21.4 Å². The first-order valence-electron chi connectivity index (χ1n) is 5.41. The van der Waals surface area contributed by atoms with E-state index >= 15 is 0 Å². The molecule has 0 aliphatic heterocycles. The number of halogens is 1. The van der Waals surface area contributed by atoms with Crippen molar-refractivity contribution in [3.8, 4) is 0 Å². The van der Waals surface area contributed by atoms with Gasteiger partial charge in [-0.05, 0) is 44.4 Å². The molecule has 0 radical (unpaired) electrons. The Morgan fingerprint density at radius 2 is 2.00 bits per heavy atom. The Morgan fingerprint density at radius 3 is 2.47 bits per heavy atom. The van der Waals surface area contributed by atoms with E-state index in [1.54, 1.807) is 0 Å². The van der Waals surface area contributed by atoms with E-state index in [1.165, 1.54) is 6.07 Å². The highest BCUT2D eigenvalue weighted by molar-refractivity contribution is 7.89. The summed E-state index contributed by atoms with van der Waals surface area (Å²) in [6.07, 6.45) is 2.61. The van der Waals surface area contributed by atoms with Crippen LogP contribution in [0.1, 0.15) is 26.2 Å². The van der Waals surface area contributed by atoms with Crippen LogP contribution in [0.15, 0.2) is 23.1 Å². The van der Waals surface area contributed by atoms with E-state index in [0.29, 0.717) is 0 Å². The molecule has 0 amide bonds. The Bertz CT molecular complexity index is 518. The van der Waals surface area contributed by atoms with Crippen LogP contribution in [0.5, 0.6) is 0 Å². The van der Waals surface area contributed by atoms with Crippen LogP contribution in [-0.2, 0) is 10.0 Å². The first-order valence-corrected chi connectivity index (χ1v) is 6.89. The summed E-state index contributed by atoms with van der Waals surface area (Å²) in [6, 6.07) is 3.32. The Morgan fingerprint density at radius 1 is 1.35 bits per heavy atom. The fourth-order valence-corrected chi connectivity index (χ4v) is 3.46. The molecule has 0 unspecified atom stereocenters. The molecule has 0 saturated heterocycles. The minimum Gasteiger partial charge on any atom is -0.399 e. The standard InChI is InChI=1S/C11H15FN2O2S/c1-11(3-2-4-11)14-17(15,16)10-6-8(12)5-9(13)7-10/h5-7,14H,2-4,13H2,1H3. The molecule has 1 saturated carbocycles. The fraction of sp³-hybridized carbons (Fsp3) is 0.455. The van der Waals surface area contributed by atoms with Gasteiger partial charge in [0, 0.05) is 11.2 Å². The molecule has 2 rings (SSSR count). The van der Waals surface area contributed by atoms with E-state index in [2.05, 4.69) is 4.72 Å². The zero-order valence-corrected chi connectivity index (χ0v) is 10.3. The van der Waals surface area contributed by atoms with E-state index in [9.17, 15) is 12.8 Å². The van der Waals surface area contributed by atoms with Gasteiger partial charge in [0.15, 0.2) is 0 Å². The lowest BCUT2D eigenvalue weighted by Gasteiger charge is -2.38.